The number of rotatable bonds is 1. The van der Waals surface area contributed by atoms with E-state index < -0.39 is 17.5 Å². The van der Waals surface area contributed by atoms with Gasteiger partial charge in [0.25, 0.3) is 5.91 Å². The van der Waals surface area contributed by atoms with Crippen molar-refractivity contribution in [2.24, 2.45) is 0 Å². The molecule has 2 aromatic carbocycles. The molecule has 0 saturated carbocycles. The van der Waals surface area contributed by atoms with Gasteiger partial charge in [0.15, 0.2) is 0 Å². The van der Waals surface area contributed by atoms with Gasteiger partial charge in [-0.1, -0.05) is 12.1 Å². The molecule has 108 valence electrons. The van der Waals surface area contributed by atoms with Gasteiger partial charge in [0.05, 0.1) is 11.3 Å². The molecule has 3 rings (SSSR count). The lowest BCUT2D eigenvalue weighted by Crippen LogP contribution is -2.32. The molecule has 0 N–H and O–H groups in total. The number of hydrogen-bond acceptors (Lipinski definition) is 2. The first-order valence-corrected chi connectivity index (χ1v) is 7.64. The minimum atomic E-state index is -0.698. The van der Waals surface area contributed by atoms with Crippen LogP contribution in [-0.4, -0.2) is 18.2 Å². The summed E-state index contributed by atoms with van der Waals surface area (Å²) < 4.78 is 27.1. The number of nitrogens with zero attached hydrogens (tertiary/aromatic N) is 1. The Hall–Kier alpha value is -1.88. The second kappa shape index (κ2) is 5.85. The van der Waals surface area contributed by atoms with Gasteiger partial charge in [-0.15, -0.1) is 11.8 Å². The summed E-state index contributed by atoms with van der Waals surface area (Å²) in [5.74, 6) is -0.915. The molecular formula is C16H13F2NOS. The number of thioether (sulfide) groups is 1. The smallest absolute Gasteiger partial charge is 0.261 e. The van der Waals surface area contributed by atoms with Gasteiger partial charge in [-0.3, -0.25) is 4.79 Å². The second-order valence-electron chi connectivity index (χ2n) is 4.75. The molecule has 0 unspecified atom stereocenters. The van der Waals surface area contributed by atoms with Crippen molar-refractivity contribution in [1.29, 1.82) is 0 Å². The van der Waals surface area contributed by atoms with E-state index in [1.165, 1.54) is 4.90 Å². The Balaban J connectivity index is 2.03. The predicted molar refractivity (Wildman–Crippen MR) is 79.8 cm³/mol. The molecule has 0 atom stereocenters. The first-order chi connectivity index (χ1) is 10.2. The number of benzene rings is 2. The normalized spacial score (nSPS) is 14.5. The summed E-state index contributed by atoms with van der Waals surface area (Å²) in [6.07, 6.45) is 0.808. The lowest BCUT2D eigenvalue weighted by Gasteiger charge is -2.22. The molecule has 2 nitrogen and oxygen atoms in total. The van der Waals surface area contributed by atoms with E-state index in [-0.39, 0.29) is 5.56 Å². The summed E-state index contributed by atoms with van der Waals surface area (Å²) in [6, 6.07) is 10.5. The second-order valence-corrected chi connectivity index (χ2v) is 5.89. The lowest BCUT2D eigenvalue weighted by molar-refractivity contribution is 0.0982. The largest absolute Gasteiger partial charge is 0.307 e. The first-order valence-electron chi connectivity index (χ1n) is 6.65. The molecule has 2 aromatic rings. The van der Waals surface area contributed by atoms with Crippen LogP contribution in [0.15, 0.2) is 47.4 Å². The van der Waals surface area contributed by atoms with Crippen LogP contribution in [0, 0.1) is 11.6 Å². The number of para-hydroxylation sites is 1. The van der Waals surface area contributed by atoms with Crippen molar-refractivity contribution in [2.75, 3.05) is 17.2 Å². The summed E-state index contributed by atoms with van der Waals surface area (Å²) in [5.41, 5.74) is 0.533. The minimum Gasteiger partial charge on any atom is -0.307 e. The monoisotopic (exact) mass is 305 g/mol. The fraction of sp³-hybridized carbons (Fsp3) is 0.188. The van der Waals surface area contributed by atoms with Crippen LogP contribution in [0.2, 0.25) is 0 Å². The molecule has 21 heavy (non-hydrogen) atoms. The van der Waals surface area contributed by atoms with E-state index in [0.29, 0.717) is 6.54 Å². The summed E-state index contributed by atoms with van der Waals surface area (Å²) in [7, 11) is 0. The fourth-order valence-corrected chi connectivity index (χ4v) is 3.34. The van der Waals surface area contributed by atoms with E-state index in [2.05, 4.69) is 0 Å². The summed E-state index contributed by atoms with van der Waals surface area (Å²) in [4.78, 5) is 15.1. The van der Waals surface area contributed by atoms with Gasteiger partial charge in [0, 0.05) is 11.4 Å². The van der Waals surface area contributed by atoms with E-state index in [4.69, 9.17) is 0 Å². The molecule has 1 amide bonds. The summed E-state index contributed by atoms with van der Waals surface area (Å²) in [5, 5.41) is 0. The maximum Gasteiger partial charge on any atom is 0.261 e. The van der Waals surface area contributed by atoms with Gasteiger partial charge in [-0.05, 0) is 42.5 Å². The fourth-order valence-electron chi connectivity index (χ4n) is 2.35. The Labute approximate surface area is 125 Å². The number of amides is 1. The van der Waals surface area contributed by atoms with Crippen LogP contribution in [-0.2, 0) is 0 Å². The van der Waals surface area contributed by atoms with Gasteiger partial charge in [-0.25, -0.2) is 8.78 Å². The number of carbonyl (C=O) groups is 1. The Kier molecular flexibility index (Phi) is 3.92. The molecule has 0 radical (unpaired) electrons. The van der Waals surface area contributed by atoms with Crippen molar-refractivity contribution in [3.63, 3.8) is 0 Å². The van der Waals surface area contributed by atoms with Gasteiger partial charge in [-0.2, -0.15) is 0 Å². The average Bonchev–Trinajstić information content (AvgIpc) is 2.71. The Morgan fingerprint density at radius 3 is 2.81 bits per heavy atom. The third-order valence-corrected chi connectivity index (χ3v) is 4.49. The van der Waals surface area contributed by atoms with Crippen LogP contribution < -0.4 is 4.90 Å². The maximum atomic E-state index is 13.8. The summed E-state index contributed by atoms with van der Waals surface area (Å²) >= 11 is 1.67. The molecule has 1 aliphatic rings. The number of hydrogen-bond donors (Lipinski definition) is 0. The van der Waals surface area contributed by atoms with Crippen molar-refractivity contribution in [2.45, 2.75) is 11.3 Å². The van der Waals surface area contributed by atoms with Crippen LogP contribution in [0.25, 0.3) is 0 Å². The molecule has 1 aliphatic heterocycles. The van der Waals surface area contributed by atoms with E-state index in [1.807, 2.05) is 24.3 Å². The van der Waals surface area contributed by atoms with Crippen LogP contribution in [0.1, 0.15) is 16.8 Å². The van der Waals surface area contributed by atoms with E-state index in [1.54, 1.807) is 11.8 Å². The third-order valence-electron chi connectivity index (χ3n) is 3.34. The van der Waals surface area contributed by atoms with Crippen LogP contribution in [0.5, 0.6) is 0 Å². The minimum absolute atomic E-state index is 0.225. The highest BCUT2D eigenvalue weighted by atomic mass is 32.2. The molecule has 0 fully saturated rings. The Morgan fingerprint density at radius 1 is 1.14 bits per heavy atom. The van der Waals surface area contributed by atoms with E-state index in [9.17, 15) is 13.6 Å². The molecule has 0 aromatic heterocycles. The quantitative estimate of drug-likeness (QED) is 0.790. The SMILES string of the molecule is O=C(c1cc(F)ccc1F)N1CCCSc2ccccc21. The molecule has 1 heterocycles. The lowest BCUT2D eigenvalue weighted by atomic mass is 10.1. The molecule has 0 spiro atoms. The van der Waals surface area contributed by atoms with E-state index in [0.717, 1.165) is 41.0 Å². The molecule has 0 saturated heterocycles. The highest BCUT2D eigenvalue weighted by molar-refractivity contribution is 7.99. The number of carbonyl (C=O) groups excluding carboxylic acids is 1. The van der Waals surface area contributed by atoms with Crippen molar-refractivity contribution in [1.82, 2.24) is 0 Å². The average molecular weight is 305 g/mol. The Morgan fingerprint density at radius 2 is 1.95 bits per heavy atom. The topological polar surface area (TPSA) is 20.3 Å². The van der Waals surface area contributed by atoms with Crippen LogP contribution in [0.4, 0.5) is 14.5 Å². The molecule has 0 aliphatic carbocycles. The predicted octanol–water partition coefficient (Wildman–Crippen LogP) is 4.11. The third kappa shape index (κ3) is 2.78. The van der Waals surface area contributed by atoms with Gasteiger partial charge >= 0.3 is 0 Å². The van der Waals surface area contributed by atoms with Crippen molar-refractivity contribution < 1.29 is 13.6 Å². The van der Waals surface area contributed by atoms with Gasteiger partial charge < -0.3 is 4.90 Å². The maximum absolute atomic E-state index is 13.8. The van der Waals surface area contributed by atoms with Gasteiger partial charge in [0.2, 0.25) is 0 Å². The van der Waals surface area contributed by atoms with E-state index >= 15 is 0 Å². The van der Waals surface area contributed by atoms with Crippen LogP contribution >= 0.6 is 11.8 Å². The number of anilines is 1. The van der Waals surface area contributed by atoms with Crippen molar-refractivity contribution >= 4 is 23.4 Å². The molecule has 0 bridgehead atoms. The molecule has 5 heteroatoms. The number of halogens is 2. The zero-order valence-corrected chi connectivity index (χ0v) is 12.0. The first kappa shape index (κ1) is 14.1. The highest BCUT2D eigenvalue weighted by Crippen LogP contribution is 2.34. The van der Waals surface area contributed by atoms with Crippen molar-refractivity contribution in [3.05, 3.63) is 59.7 Å². The Bertz CT molecular complexity index is 690. The van der Waals surface area contributed by atoms with Crippen LogP contribution in [0.3, 0.4) is 0 Å². The number of fused-ring (bicyclic) bond motifs is 1. The zero-order valence-electron chi connectivity index (χ0n) is 11.2. The highest BCUT2D eigenvalue weighted by Gasteiger charge is 2.24. The molecular weight excluding hydrogens is 292 g/mol. The zero-order chi connectivity index (χ0) is 14.8. The van der Waals surface area contributed by atoms with Crippen molar-refractivity contribution in [3.8, 4) is 0 Å². The van der Waals surface area contributed by atoms with Gasteiger partial charge in [0.1, 0.15) is 11.6 Å². The summed E-state index contributed by atoms with van der Waals surface area (Å²) in [6.45, 7) is 0.499. The standard InChI is InChI=1S/C16H13F2NOS/c17-11-6-7-13(18)12(10-11)16(20)19-8-3-9-21-15-5-2-1-4-14(15)19/h1-2,4-7,10H,3,8-9H2.